The molecule has 4 rings (SSSR count). The minimum atomic E-state index is -0.694. The van der Waals surface area contributed by atoms with E-state index in [1.54, 1.807) is 4.90 Å². The van der Waals surface area contributed by atoms with E-state index < -0.39 is 5.97 Å². The van der Waals surface area contributed by atoms with Crippen LogP contribution in [-0.2, 0) is 11.2 Å². The molecule has 1 atom stereocenters. The predicted octanol–water partition coefficient (Wildman–Crippen LogP) is 4.76. The number of unbranched alkanes of at least 4 members (excludes halogenated alkanes) is 3. The zero-order valence-corrected chi connectivity index (χ0v) is 20.7. The van der Waals surface area contributed by atoms with Crippen molar-refractivity contribution >= 4 is 17.7 Å². The first-order valence-electron chi connectivity index (χ1n) is 13.2. The number of anilines is 1. The number of aromatic nitrogens is 2. The van der Waals surface area contributed by atoms with Gasteiger partial charge >= 0.3 is 5.97 Å². The largest absolute Gasteiger partial charge is 0.481 e. The Morgan fingerprint density at radius 2 is 2.00 bits per heavy atom. The number of amides is 1. The molecule has 1 aromatic rings. The van der Waals surface area contributed by atoms with Gasteiger partial charge in [0.2, 0.25) is 5.88 Å². The summed E-state index contributed by atoms with van der Waals surface area (Å²) in [6.45, 7) is 2.96. The highest BCUT2D eigenvalue weighted by Crippen LogP contribution is 2.39. The molecular formula is C27H38N4O4. The molecule has 1 aromatic heterocycles. The number of carboxylic acids is 1. The first-order valence-corrected chi connectivity index (χ1v) is 13.2. The van der Waals surface area contributed by atoms with Crippen LogP contribution in [0.2, 0.25) is 0 Å². The van der Waals surface area contributed by atoms with Crippen LogP contribution in [0.25, 0.3) is 0 Å². The van der Waals surface area contributed by atoms with E-state index in [2.05, 4.69) is 29.0 Å². The maximum atomic E-state index is 13.4. The van der Waals surface area contributed by atoms with E-state index >= 15 is 0 Å². The van der Waals surface area contributed by atoms with Gasteiger partial charge in [0.25, 0.3) is 5.91 Å². The Morgan fingerprint density at radius 3 is 2.69 bits per heavy atom. The SMILES string of the molecule is CCCCCCc1nc(N)c2c(n1)OCCN(C1=CCC(C3CCC(CC(=O)O)CC3)C=C1)C2=O. The molecular weight excluding hydrogens is 444 g/mol. The van der Waals surface area contributed by atoms with Crippen molar-refractivity contribution in [2.75, 3.05) is 18.9 Å². The topological polar surface area (TPSA) is 119 Å². The van der Waals surface area contributed by atoms with Gasteiger partial charge in [0, 0.05) is 18.5 Å². The van der Waals surface area contributed by atoms with Crippen LogP contribution in [0.3, 0.4) is 0 Å². The molecule has 2 heterocycles. The second-order valence-electron chi connectivity index (χ2n) is 10.1. The average Bonchev–Trinajstić information content (AvgIpc) is 3.01. The van der Waals surface area contributed by atoms with Crippen LogP contribution < -0.4 is 10.5 Å². The van der Waals surface area contributed by atoms with E-state index in [0.717, 1.165) is 57.1 Å². The van der Waals surface area contributed by atoms with Crippen molar-refractivity contribution < 1.29 is 19.4 Å². The number of aliphatic carboxylic acids is 1. The minimum Gasteiger partial charge on any atom is -0.481 e. The molecule has 0 bridgehead atoms. The third-order valence-corrected chi connectivity index (χ3v) is 7.60. The number of nitrogen functional groups attached to an aromatic ring is 1. The molecule has 1 unspecified atom stereocenters. The summed E-state index contributed by atoms with van der Waals surface area (Å²) >= 11 is 0. The quantitative estimate of drug-likeness (QED) is 0.487. The summed E-state index contributed by atoms with van der Waals surface area (Å²) in [5.74, 6) is 1.52. The Bertz CT molecular complexity index is 982. The van der Waals surface area contributed by atoms with Gasteiger partial charge in [-0.15, -0.1) is 0 Å². The van der Waals surface area contributed by atoms with Gasteiger partial charge in [-0.05, 0) is 62.4 Å². The lowest BCUT2D eigenvalue weighted by atomic mass is 9.73. The Morgan fingerprint density at radius 1 is 1.20 bits per heavy atom. The number of carbonyl (C=O) groups is 2. The van der Waals surface area contributed by atoms with Crippen LogP contribution in [0.4, 0.5) is 5.82 Å². The molecule has 35 heavy (non-hydrogen) atoms. The van der Waals surface area contributed by atoms with Crippen molar-refractivity contribution in [1.29, 1.82) is 0 Å². The number of aryl methyl sites for hydroxylation is 1. The minimum absolute atomic E-state index is 0.189. The van der Waals surface area contributed by atoms with Crippen molar-refractivity contribution in [1.82, 2.24) is 14.9 Å². The van der Waals surface area contributed by atoms with Crippen molar-refractivity contribution in [2.45, 2.75) is 77.6 Å². The Kier molecular flexibility index (Phi) is 8.42. The van der Waals surface area contributed by atoms with Gasteiger partial charge in [-0.2, -0.15) is 4.98 Å². The molecule has 1 saturated carbocycles. The summed E-state index contributed by atoms with van der Waals surface area (Å²) in [4.78, 5) is 35.1. The second kappa shape index (κ2) is 11.7. The van der Waals surface area contributed by atoms with Crippen LogP contribution in [-0.4, -0.2) is 45.0 Å². The molecule has 3 aliphatic rings. The van der Waals surface area contributed by atoms with Crippen molar-refractivity contribution in [3.8, 4) is 5.88 Å². The summed E-state index contributed by atoms with van der Waals surface area (Å²) < 4.78 is 5.86. The van der Waals surface area contributed by atoms with Gasteiger partial charge in [-0.1, -0.05) is 38.3 Å². The fraction of sp³-hybridized carbons (Fsp3) is 0.630. The lowest BCUT2D eigenvalue weighted by Gasteiger charge is -2.33. The zero-order chi connectivity index (χ0) is 24.8. The van der Waals surface area contributed by atoms with Gasteiger partial charge in [-0.25, -0.2) is 4.98 Å². The van der Waals surface area contributed by atoms with Gasteiger partial charge < -0.3 is 20.5 Å². The first kappa shape index (κ1) is 25.2. The predicted molar refractivity (Wildman–Crippen MR) is 134 cm³/mol. The van der Waals surface area contributed by atoms with Gasteiger partial charge in [-0.3, -0.25) is 9.59 Å². The van der Waals surface area contributed by atoms with Crippen molar-refractivity contribution in [2.24, 2.45) is 17.8 Å². The Hall–Kier alpha value is -2.90. The second-order valence-corrected chi connectivity index (χ2v) is 10.1. The van der Waals surface area contributed by atoms with Crippen molar-refractivity contribution in [3.05, 3.63) is 35.3 Å². The van der Waals surface area contributed by atoms with Crippen LogP contribution in [0, 0.1) is 17.8 Å². The van der Waals surface area contributed by atoms with E-state index in [-0.39, 0.29) is 23.7 Å². The number of hydrogen-bond acceptors (Lipinski definition) is 6. The molecule has 1 amide bonds. The normalized spacial score (nSPS) is 24.4. The van der Waals surface area contributed by atoms with E-state index in [0.29, 0.717) is 42.6 Å². The summed E-state index contributed by atoms with van der Waals surface area (Å²) in [5, 5.41) is 9.04. The summed E-state index contributed by atoms with van der Waals surface area (Å²) in [5.41, 5.74) is 7.36. The number of rotatable bonds is 9. The summed E-state index contributed by atoms with van der Waals surface area (Å²) in [6.07, 6.45) is 16.8. The highest BCUT2D eigenvalue weighted by Gasteiger charge is 2.32. The first-order chi connectivity index (χ1) is 17.0. The molecule has 8 heteroatoms. The number of carboxylic acid groups (broad SMARTS) is 1. The smallest absolute Gasteiger partial charge is 0.303 e. The van der Waals surface area contributed by atoms with Gasteiger partial charge in [0.1, 0.15) is 23.8 Å². The maximum Gasteiger partial charge on any atom is 0.303 e. The molecule has 1 fully saturated rings. The van der Waals surface area contributed by atoms with Gasteiger partial charge in [0.15, 0.2) is 0 Å². The molecule has 2 aliphatic carbocycles. The monoisotopic (exact) mass is 482 g/mol. The standard InChI is InChI=1S/C27H38N4O4/c1-2-3-4-5-6-22-29-25(28)24-26(30-22)35-16-15-31(27(24)34)21-13-11-20(12-14-21)19-9-7-18(8-10-19)17-23(32)33/h11,13-14,18-20H,2-10,12,15-17H2,1H3,(H,32,33)(H2,28,29,30). The molecule has 3 N–H and O–H groups in total. The number of carbonyl (C=O) groups excluding carboxylic acids is 1. The maximum absolute atomic E-state index is 13.4. The number of allylic oxidation sites excluding steroid dienone is 3. The zero-order valence-electron chi connectivity index (χ0n) is 20.7. The van der Waals surface area contributed by atoms with Crippen molar-refractivity contribution in [3.63, 3.8) is 0 Å². The van der Waals surface area contributed by atoms with E-state index in [4.69, 9.17) is 15.6 Å². The van der Waals surface area contributed by atoms with Crippen LogP contribution >= 0.6 is 0 Å². The number of fused-ring (bicyclic) bond motifs is 1. The Balaban J connectivity index is 1.38. The number of ether oxygens (including phenoxy) is 1. The third kappa shape index (κ3) is 6.21. The number of nitrogens with two attached hydrogens (primary N) is 1. The lowest BCUT2D eigenvalue weighted by Crippen LogP contribution is -2.33. The number of hydrogen-bond donors (Lipinski definition) is 2. The molecule has 0 aromatic carbocycles. The highest BCUT2D eigenvalue weighted by atomic mass is 16.5. The molecule has 8 nitrogen and oxygen atoms in total. The third-order valence-electron chi connectivity index (χ3n) is 7.60. The van der Waals surface area contributed by atoms with E-state index in [1.165, 1.54) is 12.8 Å². The van der Waals surface area contributed by atoms with Gasteiger partial charge in [0.05, 0.1) is 6.54 Å². The van der Waals surface area contributed by atoms with E-state index in [1.807, 2.05) is 6.08 Å². The molecule has 190 valence electrons. The molecule has 1 aliphatic heterocycles. The fourth-order valence-corrected chi connectivity index (χ4v) is 5.59. The van der Waals surface area contributed by atoms with Crippen LogP contribution in [0.15, 0.2) is 23.9 Å². The van der Waals surface area contributed by atoms with E-state index in [9.17, 15) is 9.59 Å². The average molecular weight is 483 g/mol. The Labute approximate surface area is 207 Å². The summed E-state index contributed by atoms with van der Waals surface area (Å²) in [6, 6.07) is 0. The van der Waals surface area contributed by atoms with Crippen LogP contribution in [0.1, 0.15) is 87.3 Å². The highest BCUT2D eigenvalue weighted by molar-refractivity contribution is 6.01. The van der Waals surface area contributed by atoms with Crippen LogP contribution in [0.5, 0.6) is 5.88 Å². The number of nitrogens with zero attached hydrogens (tertiary/aromatic N) is 3. The molecule has 0 spiro atoms. The summed E-state index contributed by atoms with van der Waals surface area (Å²) in [7, 11) is 0. The molecule has 0 radical (unpaired) electrons. The lowest BCUT2D eigenvalue weighted by molar-refractivity contribution is -0.138. The molecule has 0 saturated heterocycles. The fourth-order valence-electron chi connectivity index (χ4n) is 5.59.